The van der Waals surface area contributed by atoms with E-state index in [2.05, 4.69) is 11.1 Å². The minimum absolute atomic E-state index is 0.0240. The number of aromatic amines is 1. The van der Waals surface area contributed by atoms with Gasteiger partial charge < -0.3 is 14.8 Å². The quantitative estimate of drug-likeness (QED) is 0.445. The number of H-pyrrole nitrogens is 1. The molecule has 0 saturated carbocycles. The van der Waals surface area contributed by atoms with Gasteiger partial charge in [0.05, 0.1) is 12.6 Å². The lowest BCUT2D eigenvalue weighted by Gasteiger charge is -2.47. The predicted octanol–water partition coefficient (Wildman–Crippen LogP) is 4.89. The van der Waals surface area contributed by atoms with Crippen LogP contribution in [-0.4, -0.2) is 45.7 Å². The first-order valence-corrected chi connectivity index (χ1v) is 12.1. The van der Waals surface area contributed by atoms with Gasteiger partial charge in [-0.05, 0) is 53.4 Å². The Bertz CT molecular complexity index is 1430. The molecular weight excluding hydrogens is 465 g/mol. The Labute approximate surface area is 207 Å². The van der Waals surface area contributed by atoms with Crippen LogP contribution in [-0.2, 0) is 22.4 Å². The van der Waals surface area contributed by atoms with Gasteiger partial charge in [0.15, 0.2) is 0 Å². The molecule has 2 amide bonds. The molecule has 1 N–H and O–H groups in total. The van der Waals surface area contributed by atoms with Gasteiger partial charge in [-0.15, -0.1) is 0 Å². The third-order valence-corrected chi connectivity index (χ3v) is 7.36. The highest BCUT2D eigenvalue weighted by Gasteiger charge is 2.48. The first-order chi connectivity index (χ1) is 17.0. The molecule has 2 unspecified atom stereocenters. The van der Waals surface area contributed by atoms with Crippen molar-refractivity contribution in [3.8, 4) is 0 Å². The number of piperazine rings is 1. The van der Waals surface area contributed by atoms with E-state index in [1.807, 2.05) is 42.5 Å². The van der Waals surface area contributed by atoms with Crippen LogP contribution in [0.3, 0.4) is 0 Å². The van der Waals surface area contributed by atoms with Crippen molar-refractivity contribution in [2.75, 3.05) is 13.1 Å². The highest BCUT2D eigenvalue weighted by atomic mass is 35.5. The highest BCUT2D eigenvalue weighted by Crippen LogP contribution is 2.42. The van der Waals surface area contributed by atoms with E-state index < -0.39 is 12.1 Å². The van der Waals surface area contributed by atoms with Crippen molar-refractivity contribution in [3.63, 3.8) is 0 Å². The van der Waals surface area contributed by atoms with Crippen molar-refractivity contribution in [1.29, 1.82) is 0 Å². The van der Waals surface area contributed by atoms with Crippen molar-refractivity contribution >= 4 is 34.3 Å². The Morgan fingerprint density at radius 2 is 1.71 bits per heavy atom. The molecule has 0 bridgehead atoms. The number of hydrogen-bond donors (Lipinski definition) is 1. The van der Waals surface area contributed by atoms with Crippen molar-refractivity contribution < 1.29 is 14.0 Å². The van der Waals surface area contributed by atoms with E-state index in [-0.39, 0.29) is 24.2 Å². The number of amides is 2. The minimum Gasteiger partial charge on any atom is -0.356 e. The maximum absolute atomic E-state index is 13.7. The molecule has 2 aliphatic heterocycles. The summed E-state index contributed by atoms with van der Waals surface area (Å²) in [5.41, 5.74) is 4.85. The molecule has 3 aromatic carbocycles. The number of hydrogen-bond acceptors (Lipinski definition) is 2. The number of carbonyl (C=O) groups excluding carboxylic acids is 2. The van der Waals surface area contributed by atoms with E-state index in [1.54, 1.807) is 21.9 Å². The zero-order chi connectivity index (χ0) is 24.1. The topological polar surface area (TPSA) is 56.4 Å². The molecule has 2 aliphatic rings. The van der Waals surface area contributed by atoms with Gasteiger partial charge in [0, 0.05) is 34.6 Å². The maximum Gasteiger partial charge on any atom is 0.246 e. The molecular formula is C28H23ClFN3O2. The zero-order valence-electron chi connectivity index (χ0n) is 18.9. The van der Waals surface area contributed by atoms with Gasteiger partial charge in [-0.2, -0.15) is 0 Å². The number of aromatic nitrogens is 1. The number of para-hydroxylation sites is 1. The lowest BCUT2D eigenvalue weighted by atomic mass is 9.86. The molecule has 0 radical (unpaired) electrons. The number of benzene rings is 3. The van der Waals surface area contributed by atoms with Crippen LogP contribution in [0.25, 0.3) is 10.9 Å². The minimum atomic E-state index is -0.586. The summed E-state index contributed by atoms with van der Waals surface area (Å²) in [7, 11) is 0. The summed E-state index contributed by atoms with van der Waals surface area (Å²) in [6, 6.07) is 20.8. The second-order valence-corrected chi connectivity index (χ2v) is 9.61. The van der Waals surface area contributed by atoms with Crippen molar-refractivity contribution in [1.82, 2.24) is 14.8 Å². The third-order valence-electron chi connectivity index (χ3n) is 7.11. The molecule has 0 spiro atoms. The molecule has 7 heteroatoms. The van der Waals surface area contributed by atoms with Crippen LogP contribution < -0.4 is 0 Å². The molecule has 5 nitrogen and oxygen atoms in total. The van der Waals surface area contributed by atoms with Gasteiger partial charge in [-0.25, -0.2) is 4.39 Å². The first kappa shape index (κ1) is 21.9. The lowest BCUT2D eigenvalue weighted by Crippen LogP contribution is -2.63. The number of nitrogens with zero attached hydrogens (tertiary/aromatic N) is 2. The standard InChI is InChI=1S/C28H23ClFN3O2/c29-19-9-7-18(8-10-19)27-26-22(21-3-1-2-4-23(21)31-26)15-24-28(35)32(16-25(34)33(24)27)14-13-17-5-11-20(30)12-6-17/h1-12,24,27,31H,13-16H2. The Hall–Kier alpha value is -3.64. The van der Waals surface area contributed by atoms with E-state index in [9.17, 15) is 14.0 Å². The fraction of sp³-hybridized carbons (Fsp3) is 0.214. The molecule has 2 atom stereocenters. The average molecular weight is 488 g/mol. The summed E-state index contributed by atoms with van der Waals surface area (Å²) in [6.07, 6.45) is 1.02. The normalized spacial score (nSPS) is 19.7. The molecule has 0 aliphatic carbocycles. The van der Waals surface area contributed by atoms with Crippen molar-refractivity contribution in [2.24, 2.45) is 0 Å². The number of rotatable bonds is 4. The molecule has 1 saturated heterocycles. The highest BCUT2D eigenvalue weighted by molar-refractivity contribution is 6.30. The van der Waals surface area contributed by atoms with Crippen LogP contribution in [0, 0.1) is 5.82 Å². The zero-order valence-corrected chi connectivity index (χ0v) is 19.6. The molecule has 176 valence electrons. The van der Waals surface area contributed by atoms with E-state index in [0.717, 1.165) is 33.3 Å². The number of halogens is 2. The van der Waals surface area contributed by atoms with E-state index in [0.29, 0.717) is 24.4 Å². The molecule has 1 aromatic heterocycles. The molecule has 1 fully saturated rings. The average Bonchev–Trinajstić information content (AvgIpc) is 3.24. The SMILES string of the molecule is O=C1C2Cc3c([nH]c4ccccc34)C(c3ccc(Cl)cc3)N2C(=O)CN1CCc1ccc(F)cc1. The molecule has 35 heavy (non-hydrogen) atoms. The van der Waals surface area contributed by atoms with Gasteiger partial charge in [0.2, 0.25) is 11.8 Å². The Kier molecular flexibility index (Phi) is 5.33. The van der Waals surface area contributed by atoms with Crippen LogP contribution in [0.2, 0.25) is 5.02 Å². The number of nitrogens with one attached hydrogen (secondary N) is 1. The summed E-state index contributed by atoms with van der Waals surface area (Å²) in [5, 5.41) is 1.69. The summed E-state index contributed by atoms with van der Waals surface area (Å²) < 4.78 is 13.3. The summed E-state index contributed by atoms with van der Waals surface area (Å²) in [6.45, 7) is 0.434. The fourth-order valence-corrected chi connectivity index (χ4v) is 5.55. The van der Waals surface area contributed by atoms with Gasteiger partial charge in [0.25, 0.3) is 0 Å². The monoisotopic (exact) mass is 487 g/mol. The lowest BCUT2D eigenvalue weighted by molar-refractivity contribution is -0.158. The number of carbonyl (C=O) groups is 2. The summed E-state index contributed by atoms with van der Waals surface area (Å²) in [5.74, 6) is -0.432. The van der Waals surface area contributed by atoms with Crippen molar-refractivity contribution in [3.05, 3.63) is 106 Å². The van der Waals surface area contributed by atoms with Gasteiger partial charge >= 0.3 is 0 Å². The van der Waals surface area contributed by atoms with Gasteiger partial charge in [0.1, 0.15) is 11.9 Å². The van der Waals surface area contributed by atoms with E-state index in [1.165, 1.54) is 12.1 Å². The maximum atomic E-state index is 13.7. The third kappa shape index (κ3) is 3.78. The number of fused-ring (bicyclic) bond motifs is 4. The Balaban J connectivity index is 1.38. The first-order valence-electron chi connectivity index (χ1n) is 11.7. The Morgan fingerprint density at radius 3 is 2.49 bits per heavy atom. The van der Waals surface area contributed by atoms with Gasteiger partial charge in [-0.3, -0.25) is 9.59 Å². The van der Waals surface area contributed by atoms with E-state index >= 15 is 0 Å². The van der Waals surface area contributed by atoms with Gasteiger partial charge in [-0.1, -0.05) is 54.1 Å². The largest absolute Gasteiger partial charge is 0.356 e. The van der Waals surface area contributed by atoms with Crippen LogP contribution in [0.1, 0.15) is 28.4 Å². The summed E-state index contributed by atoms with van der Waals surface area (Å²) >= 11 is 6.15. The van der Waals surface area contributed by atoms with Crippen LogP contribution in [0.15, 0.2) is 72.8 Å². The predicted molar refractivity (Wildman–Crippen MR) is 133 cm³/mol. The second-order valence-electron chi connectivity index (χ2n) is 9.17. The summed E-state index contributed by atoms with van der Waals surface area (Å²) in [4.78, 5) is 34.2. The molecule has 6 rings (SSSR count). The second kappa shape index (κ2) is 8.54. The smallest absolute Gasteiger partial charge is 0.246 e. The molecule has 4 aromatic rings. The fourth-order valence-electron chi connectivity index (χ4n) is 5.42. The van der Waals surface area contributed by atoms with E-state index in [4.69, 9.17) is 11.6 Å². The van der Waals surface area contributed by atoms with Crippen molar-refractivity contribution in [2.45, 2.75) is 24.9 Å². The molecule has 3 heterocycles. The van der Waals surface area contributed by atoms with Crippen LogP contribution in [0.5, 0.6) is 0 Å². The van der Waals surface area contributed by atoms with Crippen LogP contribution in [0.4, 0.5) is 4.39 Å². The van der Waals surface area contributed by atoms with Crippen LogP contribution >= 0.6 is 11.6 Å². The Morgan fingerprint density at radius 1 is 0.971 bits per heavy atom.